The van der Waals surface area contributed by atoms with E-state index < -0.39 is 11.4 Å². The monoisotopic (exact) mass is 388 g/mol. The molecule has 1 N–H and O–H groups in total. The van der Waals surface area contributed by atoms with Crippen molar-refractivity contribution in [2.45, 2.75) is 25.4 Å². The molecule has 0 bridgehead atoms. The van der Waals surface area contributed by atoms with Crippen molar-refractivity contribution >= 4 is 17.5 Å². The van der Waals surface area contributed by atoms with Crippen molar-refractivity contribution in [1.82, 2.24) is 5.32 Å². The SMILES string of the molecule is CC1(C(=O)NCc2ccccc2)Cc2ccccc2C(=O)N1c1cccc(F)c1. The summed E-state index contributed by atoms with van der Waals surface area (Å²) in [6.07, 6.45) is 0.339. The second-order valence-corrected chi connectivity index (χ2v) is 7.40. The zero-order valence-corrected chi connectivity index (χ0v) is 16.1. The van der Waals surface area contributed by atoms with E-state index in [9.17, 15) is 14.0 Å². The van der Waals surface area contributed by atoms with Crippen LogP contribution in [0.5, 0.6) is 0 Å². The van der Waals surface area contributed by atoms with Gasteiger partial charge in [-0.05, 0) is 42.3 Å². The summed E-state index contributed by atoms with van der Waals surface area (Å²) < 4.78 is 13.9. The number of amides is 2. The van der Waals surface area contributed by atoms with E-state index in [0.717, 1.165) is 11.1 Å². The normalized spacial score (nSPS) is 18.3. The minimum atomic E-state index is -1.19. The molecule has 1 unspecified atom stereocenters. The number of hydrogen-bond donors (Lipinski definition) is 1. The zero-order chi connectivity index (χ0) is 20.4. The lowest BCUT2D eigenvalue weighted by Crippen LogP contribution is -2.63. The van der Waals surface area contributed by atoms with Crippen LogP contribution in [0.1, 0.15) is 28.4 Å². The number of fused-ring (bicyclic) bond motifs is 1. The summed E-state index contributed by atoms with van der Waals surface area (Å²) in [6, 6.07) is 22.6. The zero-order valence-electron chi connectivity index (χ0n) is 16.1. The van der Waals surface area contributed by atoms with Gasteiger partial charge in [-0.15, -0.1) is 0 Å². The van der Waals surface area contributed by atoms with E-state index in [1.165, 1.54) is 17.0 Å². The number of nitrogens with zero attached hydrogens (tertiary/aromatic N) is 1. The highest BCUT2D eigenvalue weighted by Gasteiger charge is 2.47. The first-order valence-corrected chi connectivity index (χ1v) is 9.49. The van der Waals surface area contributed by atoms with Crippen LogP contribution in [0.2, 0.25) is 0 Å². The summed E-state index contributed by atoms with van der Waals surface area (Å²) in [5.41, 5.74) is 1.48. The minimum Gasteiger partial charge on any atom is -0.350 e. The molecule has 4 nitrogen and oxygen atoms in total. The van der Waals surface area contributed by atoms with Gasteiger partial charge in [0.25, 0.3) is 5.91 Å². The molecule has 0 radical (unpaired) electrons. The van der Waals surface area contributed by atoms with Crippen molar-refractivity contribution in [3.63, 3.8) is 0 Å². The van der Waals surface area contributed by atoms with Gasteiger partial charge in [0.2, 0.25) is 5.91 Å². The van der Waals surface area contributed by atoms with Gasteiger partial charge in [0, 0.05) is 24.2 Å². The van der Waals surface area contributed by atoms with Crippen LogP contribution in [-0.2, 0) is 17.8 Å². The molecule has 146 valence electrons. The van der Waals surface area contributed by atoms with Gasteiger partial charge in [-0.2, -0.15) is 0 Å². The number of hydrogen-bond acceptors (Lipinski definition) is 2. The number of carbonyl (C=O) groups is 2. The van der Waals surface area contributed by atoms with Gasteiger partial charge in [0.1, 0.15) is 11.4 Å². The van der Waals surface area contributed by atoms with Crippen LogP contribution >= 0.6 is 0 Å². The standard InChI is InChI=1S/C24H21FN2O2/c1-24(23(29)26-16-17-8-3-2-4-9-17)15-18-10-5-6-13-21(18)22(28)27(24)20-12-7-11-19(25)14-20/h2-14H,15-16H2,1H3,(H,26,29). The van der Waals surface area contributed by atoms with Gasteiger partial charge >= 0.3 is 0 Å². The molecular formula is C24H21FN2O2. The molecule has 0 spiro atoms. The third kappa shape index (κ3) is 3.51. The summed E-state index contributed by atoms with van der Waals surface area (Å²) >= 11 is 0. The first-order valence-electron chi connectivity index (χ1n) is 9.49. The third-order valence-corrected chi connectivity index (χ3v) is 5.33. The van der Waals surface area contributed by atoms with Crippen molar-refractivity contribution < 1.29 is 14.0 Å². The van der Waals surface area contributed by atoms with Gasteiger partial charge in [0.15, 0.2) is 0 Å². The largest absolute Gasteiger partial charge is 0.350 e. The summed E-state index contributed by atoms with van der Waals surface area (Å²) in [7, 11) is 0. The Balaban J connectivity index is 1.73. The molecule has 1 atom stereocenters. The second kappa shape index (κ2) is 7.51. The van der Waals surface area contributed by atoms with E-state index in [2.05, 4.69) is 5.32 Å². The Morgan fingerprint density at radius 1 is 1.03 bits per heavy atom. The lowest BCUT2D eigenvalue weighted by Gasteiger charge is -2.44. The lowest BCUT2D eigenvalue weighted by atomic mass is 9.82. The molecule has 0 saturated heterocycles. The lowest BCUT2D eigenvalue weighted by molar-refractivity contribution is -0.126. The van der Waals surface area contributed by atoms with E-state index in [-0.39, 0.29) is 11.8 Å². The Morgan fingerprint density at radius 2 is 1.76 bits per heavy atom. The summed E-state index contributed by atoms with van der Waals surface area (Å²) in [5.74, 6) is -1.05. The Bertz CT molecular complexity index is 1070. The molecule has 0 fully saturated rings. The maximum Gasteiger partial charge on any atom is 0.259 e. The molecule has 4 rings (SSSR count). The molecule has 1 heterocycles. The molecule has 29 heavy (non-hydrogen) atoms. The highest BCUT2D eigenvalue weighted by Crippen LogP contribution is 2.35. The number of rotatable bonds is 4. The van der Waals surface area contributed by atoms with E-state index in [0.29, 0.717) is 24.2 Å². The Labute approximate surface area is 169 Å². The molecule has 0 aliphatic carbocycles. The summed E-state index contributed by atoms with van der Waals surface area (Å²) in [6.45, 7) is 2.08. The van der Waals surface area contributed by atoms with Crippen LogP contribution in [0.15, 0.2) is 78.9 Å². The van der Waals surface area contributed by atoms with Crippen molar-refractivity contribution in [2.75, 3.05) is 4.90 Å². The molecule has 5 heteroatoms. The fraction of sp³-hybridized carbons (Fsp3) is 0.167. The molecule has 0 saturated carbocycles. The van der Waals surface area contributed by atoms with E-state index >= 15 is 0 Å². The van der Waals surface area contributed by atoms with Crippen molar-refractivity contribution in [1.29, 1.82) is 0 Å². The quantitative estimate of drug-likeness (QED) is 0.731. The number of carbonyl (C=O) groups excluding carboxylic acids is 2. The first-order chi connectivity index (χ1) is 14.0. The van der Waals surface area contributed by atoms with Crippen LogP contribution in [0.25, 0.3) is 0 Å². The fourth-order valence-corrected chi connectivity index (χ4v) is 3.85. The topological polar surface area (TPSA) is 49.4 Å². The smallest absolute Gasteiger partial charge is 0.259 e. The minimum absolute atomic E-state index is 0.284. The van der Waals surface area contributed by atoms with Crippen LogP contribution in [0.3, 0.4) is 0 Å². The van der Waals surface area contributed by atoms with Crippen LogP contribution in [-0.4, -0.2) is 17.4 Å². The Morgan fingerprint density at radius 3 is 2.52 bits per heavy atom. The van der Waals surface area contributed by atoms with Gasteiger partial charge in [-0.25, -0.2) is 4.39 Å². The predicted octanol–water partition coefficient (Wildman–Crippen LogP) is 4.10. The molecule has 1 aliphatic heterocycles. The predicted molar refractivity (Wildman–Crippen MR) is 110 cm³/mol. The molecule has 3 aromatic carbocycles. The second-order valence-electron chi connectivity index (χ2n) is 7.40. The van der Waals surface area contributed by atoms with Crippen LogP contribution in [0.4, 0.5) is 10.1 Å². The first kappa shape index (κ1) is 18.9. The Hall–Kier alpha value is -3.47. The van der Waals surface area contributed by atoms with Crippen molar-refractivity contribution in [3.05, 3.63) is 101 Å². The Kier molecular flexibility index (Phi) is 4.89. The number of halogens is 1. The maximum atomic E-state index is 13.9. The average molecular weight is 388 g/mol. The highest BCUT2D eigenvalue weighted by atomic mass is 19.1. The maximum absolute atomic E-state index is 13.9. The molecular weight excluding hydrogens is 367 g/mol. The van der Waals surface area contributed by atoms with Gasteiger partial charge in [-0.1, -0.05) is 54.6 Å². The van der Waals surface area contributed by atoms with E-state index in [4.69, 9.17) is 0 Å². The van der Waals surface area contributed by atoms with E-state index in [1.807, 2.05) is 42.5 Å². The summed E-state index contributed by atoms with van der Waals surface area (Å²) in [4.78, 5) is 28.1. The molecule has 0 aromatic heterocycles. The van der Waals surface area contributed by atoms with Crippen molar-refractivity contribution in [3.8, 4) is 0 Å². The number of benzene rings is 3. The van der Waals surface area contributed by atoms with Gasteiger partial charge in [0.05, 0.1) is 0 Å². The molecule has 1 aliphatic rings. The summed E-state index contributed by atoms with van der Waals surface area (Å²) in [5, 5.41) is 2.95. The fourth-order valence-electron chi connectivity index (χ4n) is 3.85. The number of nitrogens with one attached hydrogen (secondary N) is 1. The highest BCUT2D eigenvalue weighted by molar-refractivity contribution is 6.14. The van der Waals surface area contributed by atoms with Gasteiger partial charge in [-0.3, -0.25) is 14.5 Å². The average Bonchev–Trinajstić information content (AvgIpc) is 2.73. The van der Waals surface area contributed by atoms with Crippen LogP contribution in [0, 0.1) is 5.82 Å². The third-order valence-electron chi connectivity index (χ3n) is 5.33. The van der Waals surface area contributed by atoms with Crippen LogP contribution < -0.4 is 10.2 Å². The van der Waals surface area contributed by atoms with E-state index in [1.54, 1.807) is 31.2 Å². The molecule has 3 aromatic rings. The number of anilines is 1. The van der Waals surface area contributed by atoms with Crippen molar-refractivity contribution in [2.24, 2.45) is 0 Å². The van der Waals surface area contributed by atoms with Gasteiger partial charge < -0.3 is 5.32 Å². The molecule has 2 amide bonds.